The van der Waals surface area contributed by atoms with Gasteiger partial charge in [-0.1, -0.05) is 12.1 Å². The van der Waals surface area contributed by atoms with Crippen LogP contribution in [0.1, 0.15) is 11.1 Å². The van der Waals surface area contributed by atoms with Gasteiger partial charge in [-0.3, -0.25) is 0 Å². The van der Waals surface area contributed by atoms with Gasteiger partial charge in [0.25, 0.3) is 0 Å². The van der Waals surface area contributed by atoms with E-state index in [4.69, 9.17) is 14.2 Å². The van der Waals surface area contributed by atoms with Crippen LogP contribution >= 0.6 is 0 Å². The van der Waals surface area contributed by atoms with E-state index in [1.54, 1.807) is 45.6 Å². The van der Waals surface area contributed by atoms with Gasteiger partial charge in [-0.05, 0) is 49.2 Å². The molecule has 0 amide bonds. The van der Waals surface area contributed by atoms with E-state index in [-0.39, 0.29) is 9.79 Å². The predicted molar refractivity (Wildman–Crippen MR) is 116 cm³/mol. The van der Waals surface area contributed by atoms with Crippen LogP contribution in [0, 0.1) is 13.8 Å². The lowest BCUT2D eigenvalue weighted by molar-refractivity contribution is 0.377. The van der Waals surface area contributed by atoms with Gasteiger partial charge < -0.3 is 19.1 Å². The smallest absolute Gasteiger partial charge is 0.210 e. The second-order valence-corrected chi connectivity index (χ2v) is 9.05. The van der Waals surface area contributed by atoms with Crippen LogP contribution in [0.4, 0.5) is 17.1 Å². The highest BCUT2D eigenvalue weighted by Crippen LogP contribution is 2.54. The molecule has 0 radical (unpaired) electrons. The summed E-state index contributed by atoms with van der Waals surface area (Å²) in [4.78, 5) is 2.38. The average Bonchev–Trinajstić information content (AvgIpc) is 2.74. The van der Waals surface area contributed by atoms with E-state index < -0.39 is 9.84 Å². The van der Waals surface area contributed by atoms with Crippen molar-refractivity contribution in [3.63, 3.8) is 0 Å². The maximum atomic E-state index is 13.5. The highest BCUT2D eigenvalue weighted by Gasteiger charge is 2.37. The third-order valence-corrected chi connectivity index (χ3v) is 7.02. The Morgan fingerprint density at radius 1 is 0.700 bits per heavy atom. The average molecular weight is 426 g/mol. The molecule has 0 spiro atoms. The zero-order valence-electron chi connectivity index (χ0n) is 17.5. The summed E-state index contributed by atoms with van der Waals surface area (Å²) >= 11 is 0. The zero-order chi connectivity index (χ0) is 21.6. The second kappa shape index (κ2) is 7.25. The SMILES string of the molecule is COc1cc(OC)c(N2c3ccc(C)cc3S(=O)(=O)c3cc(C)ccc32)c(OC)c1. The molecule has 0 bridgehead atoms. The third-order valence-electron chi connectivity index (χ3n) is 5.20. The van der Waals surface area contributed by atoms with Crippen LogP contribution < -0.4 is 19.1 Å². The molecule has 4 rings (SSSR count). The topological polar surface area (TPSA) is 65.1 Å². The van der Waals surface area contributed by atoms with E-state index in [9.17, 15) is 8.42 Å². The molecule has 30 heavy (non-hydrogen) atoms. The van der Waals surface area contributed by atoms with Gasteiger partial charge in [-0.2, -0.15) is 0 Å². The molecule has 1 aliphatic heterocycles. The Hall–Kier alpha value is -3.19. The van der Waals surface area contributed by atoms with Gasteiger partial charge in [0.2, 0.25) is 9.84 Å². The Labute approximate surface area is 176 Å². The summed E-state index contributed by atoms with van der Waals surface area (Å²) in [5.41, 5.74) is 3.41. The fourth-order valence-electron chi connectivity index (χ4n) is 3.74. The summed E-state index contributed by atoms with van der Waals surface area (Å²) in [7, 11) is 1.000. The van der Waals surface area contributed by atoms with Crippen molar-refractivity contribution in [3.05, 3.63) is 59.7 Å². The first-order valence-electron chi connectivity index (χ1n) is 9.38. The normalized spacial score (nSPS) is 14.0. The number of hydrogen-bond donors (Lipinski definition) is 0. The molecule has 0 saturated heterocycles. The largest absolute Gasteiger partial charge is 0.496 e. The van der Waals surface area contributed by atoms with Gasteiger partial charge in [0.1, 0.15) is 22.9 Å². The standard InChI is InChI=1S/C23H23NO5S/c1-14-6-8-17-21(10-14)30(25,26)22-11-15(2)7-9-18(22)24(17)23-19(28-4)12-16(27-3)13-20(23)29-5/h6-13H,1-5H3. The molecule has 0 fully saturated rings. The summed E-state index contributed by atoms with van der Waals surface area (Å²) < 4.78 is 43.6. The molecule has 3 aromatic carbocycles. The number of aryl methyl sites for hydroxylation is 2. The number of anilines is 3. The van der Waals surface area contributed by atoms with Crippen LogP contribution in [0.25, 0.3) is 0 Å². The van der Waals surface area contributed by atoms with Crippen LogP contribution in [0.2, 0.25) is 0 Å². The van der Waals surface area contributed by atoms with Gasteiger partial charge in [-0.15, -0.1) is 0 Å². The molecule has 0 aromatic heterocycles. The van der Waals surface area contributed by atoms with Gasteiger partial charge in [0.15, 0.2) is 0 Å². The van der Waals surface area contributed by atoms with Crippen molar-refractivity contribution in [2.24, 2.45) is 0 Å². The van der Waals surface area contributed by atoms with E-state index in [0.29, 0.717) is 34.3 Å². The molecule has 0 unspecified atom stereocenters. The number of fused-ring (bicyclic) bond motifs is 2. The fraction of sp³-hybridized carbons (Fsp3) is 0.217. The number of hydrogen-bond acceptors (Lipinski definition) is 6. The molecule has 156 valence electrons. The van der Waals surface area contributed by atoms with Crippen molar-refractivity contribution in [3.8, 4) is 17.2 Å². The molecule has 3 aromatic rings. The third kappa shape index (κ3) is 2.97. The Morgan fingerprint density at radius 2 is 1.17 bits per heavy atom. The van der Waals surface area contributed by atoms with Gasteiger partial charge in [0, 0.05) is 12.1 Å². The lowest BCUT2D eigenvalue weighted by atomic mass is 10.1. The highest BCUT2D eigenvalue weighted by molar-refractivity contribution is 7.92. The second-order valence-electron chi connectivity index (χ2n) is 7.16. The number of ether oxygens (including phenoxy) is 3. The minimum absolute atomic E-state index is 0.250. The van der Waals surface area contributed by atoms with E-state index in [1.165, 1.54) is 0 Å². The highest BCUT2D eigenvalue weighted by atomic mass is 32.2. The first-order chi connectivity index (χ1) is 14.3. The lowest BCUT2D eigenvalue weighted by Crippen LogP contribution is -2.23. The van der Waals surface area contributed by atoms with E-state index >= 15 is 0 Å². The number of rotatable bonds is 4. The lowest BCUT2D eigenvalue weighted by Gasteiger charge is -2.35. The molecule has 0 saturated carbocycles. The Kier molecular flexibility index (Phi) is 4.86. The van der Waals surface area contributed by atoms with Gasteiger partial charge >= 0.3 is 0 Å². The van der Waals surface area contributed by atoms with E-state index in [0.717, 1.165) is 11.1 Å². The summed E-state index contributed by atoms with van der Waals surface area (Å²) in [6, 6.07) is 14.3. The molecule has 0 atom stereocenters. The van der Waals surface area contributed by atoms with Crippen LogP contribution in [0.3, 0.4) is 0 Å². The summed E-state index contributed by atoms with van der Waals surface area (Å²) in [5, 5.41) is 0. The Balaban J connectivity index is 2.13. The van der Waals surface area contributed by atoms with Gasteiger partial charge in [-0.25, -0.2) is 8.42 Å². The monoisotopic (exact) mass is 425 g/mol. The summed E-state index contributed by atoms with van der Waals surface area (Å²) in [6.07, 6.45) is 0. The van der Waals surface area contributed by atoms with Crippen LogP contribution in [-0.2, 0) is 9.84 Å². The fourth-order valence-corrected chi connectivity index (χ4v) is 5.53. The molecule has 0 N–H and O–H groups in total. The zero-order valence-corrected chi connectivity index (χ0v) is 18.3. The first-order valence-corrected chi connectivity index (χ1v) is 10.9. The number of sulfone groups is 1. The quantitative estimate of drug-likeness (QED) is 0.461. The molecular weight excluding hydrogens is 402 g/mol. The molecule has 7 heteroatoms. The van der Waals surface area contributed by atoms with Crippen molar-refractivity contribution in [1.29, 1.82) is 0 Å². The Bertz CT molecular complexity index is 1170. The number of methoxy groups -OCH3 is 3. The Morgan fingerprint density at radius 3 is 1.57 bits per heavy atom. The minimum Gasteiger partial charge on any atom is -0.496 e. The van der Waals surface area contributed by atoms with Crippen molar-refractivity contribution < 1.29 is 22.6 Å². The van der Waals surface area contributed by atoms with Crippen molar-refractivity contribution >= 4 is 26.9 Å². The molecule has 6 nitrogen and oxygen atoms in total. The van der Waals surface area contributed by atoms with Crippen molar-refractivity contribution in [1.82, 2.24) is 0 Å². The summed E-state index contributed by atoms with van der Waals surface area (Å²) in [6.45, 7) is 3.75. The van der Waals surface area contributed by atoms with Crippen LogP contribution in [0.5, 0.6) is 17.2 Å². The van der Waals surface area contributed by atoms with Gasteiger partial charge in [0.05, 0.1) is 42.5 Å². The van der Waals surface area contributed by atoms with E-state index in [2.05, 4.69) is 0 Å². The minimum atomic E-state index is -3.69. The molecule has 1 heterocycles. The van der Waals surface area contributed by atoms with E-state index in [1.807, 2.05) is 43.0 Å². The first kappa shape index (κ1) is 20.1. The molecular formula is C23H23NO5S. The molecule has 0 aliphatic carbocycles. The maximum Gasteiger partial charge on any atom is 0.210 e. The summed E-state index contributed by atoms with van der Waals surface area (Å²) in [5.74, 6) is 1.58. The van der Waals surface area contributed by atoms with Crippen LogP contribution in [0.15, 0.2) is 58.3 Å². The van der Waals surface area contributed by atoms with Crippen LogP contribution in [-0.4, -0.2) is 29.7 Å². The number of nitrogens with zero attached hydrogens (tertiary/aromatic N) is 1. The van der Waals surface area contributed by atoms with Crippen molar-refractivity contribution in [2.45, 2.75) is 23.6 Å². The van der Waals surface area contributed by atoms with Crippen molar-refractivity contribution in [2.75, 3.05) is 26.2 Å². The molecule has 1 aliphatic rings. The predicted octanol–water partition coefficient (Wildman–Crippen LogP) is 4.95. The maximum absolute atomic E-state index is 13.5. The number of benzene rings is 3.